The van der Waals surface area contributed by atoms with Crippen LogP contribution in [0, 0.1) is 0 Å². The third kappa shape index (κ3) is 3.93. The van der Waals surface area contributed by atoms with Gasteiger partial charge in [-0.15, -0.1) is 11.3 Å². The van der Waals surface area contributed by atoms with Crippen molar-refractivity contribution in [2.75, 3.05) is 38.6 Å². The number of likely N-dealkylation sites (N-methyl/N-ethyl adjacent to an activating group) is 1. The van der Waals surface area contributed by atoms with E-state index < -0.39 is 0 Å². The van der Waals surface area contributed by atoms with Crippen LogP contribution in [0.15, 0.2) is 6.20 Å². The van der Waals surface area contributed by atoms with Crippen molar-refractivity contribution >= 4 is 16.5 Å². The van der Waals surface area contributed by atoms with E-state index in [0.29, 0.717) is 12.1 Å². The molecule has 1 fully saturated rings. The molecule has 2 atom stereocenters. The fourth-order valence-corrected chi connectivity index (χ4v) is 3.81. The van der Waals surface area contributed by atoms with Gasteiger partial charge in [0, 0.05) is 36.2 Å². The maximum Gasteiger partial charge on any atom is 0.185 e. The van der Waals surface area contributed by atoms with Crippen LogP contribution in [0.4, 0.5) is 5.13 Å². The van der Waals surface area contributed by atoms with Gasteiger partial charge in [0.05, 0.1) is 0 Å². The van der Waals surface area contributed by atoms with Gasteiger partial charge in [-0.05, 0) is 46.8 Å². The van der Waals surface area contributed by atoms with E-state index in [0.717, 1.165) is 19.6 Å². The minimum atomic E-state index is 0.413. The first-order chi connectivity index (χ1) is 9.61. The van der Waals surface area contributed by atoms with Gasteiger partial charge in [-0.25, -0.2) is 4.98 Å². The fraction of sp³-hybridized carbons (Fsp3) is 0.800. The molecule has 0 aliphatic carbocycles. The summed E-state index contributed by atoms with van der Waals surface area (Å²) in [6.45, 7) is 7.78. The van der Waals surface area contributed by atoms with E-state index >= 15 is 0 Å². The van der Waals surface area contributed by atoms with Crippen LogP contribution in [-0.2, 0) is 0 Å². The lowest BCUT2D eigenvalue weighted by Crippen LogP contribution is -2.37. The topological polar surface area (TPSA) is 31.4 Å². The molecule has 0 spiro atoms. The first kappa shape index (κ1) is 15.7. The molecule has 4 nitrogen and oxygen atoms in total. The van der Waals surface area contributed by atoms with Gasteiger partial charge in [0.15, 0.2) is 5.13 Å². The quantitative estimate of drug-likeness (QED) is 0.838. The molecule has 20 heavy (non-hydrogen) atoms. The Labute approximate surface area is 127 Å². The molecule has 0 aromatic carbocycles. The van der Waals surface area contributed by atoms with Crippen LogP contribution in [-0.4, -0.2) is 49.7 Å². The summed E-state index contributed by atoms with van der Waals surface area (Å²) in [5, 5.41) is 4.74. The number of nitrogens with one attached hydrogen (secondary N) is 1. The summed E-state index contributed by atoms with van der Waals surface area (Å²) in [5.74, 6) is 0. The van der Waals surface area contributed by atoms with Crippen molar-refractivity contribution in [3.05, 3.63) is 11.1 Å². The van der Waals surface area contributed by atoms with E-state index in [4.69, 9.17) is 0 Å². The van der Waals surface area contributed by atoms with Crippen LogP contribution >= 0.6 is 11.3 Å². The minimum Gasteiger partial charge on any atom is -0.344 e. The highest BCUT2D eigenvalue weighted by atomic mass is 32.1. The molecule has 0 saturated carbocycles. The number of aromatic nitrogens is 1. The van der Waals surface area contributed by atoms with E-state index in [1.54, 1.807) is 0 Å². The third-order valence-corrected chi connectivity index (χ3v) is 5.05. The molecule has 0 radical (unpaired) electrons. The highest BCUT2D eigenvalue weighted by molar-refractivity contribution is 7.15. The Balaban J connectivity index is 2.00. The molecule has 0 amide bonds. The van der Waals surface area contributed by atoms with E-state index in [2.05, 4.69) is 54.2 Å². The molecular formula is C15H28N4S. The van der Waals surface area contributed by atoms with Crippen molar-refractivity contribution in [2.24, 2.45) is 0 Å². The van der Waals surface area contributed by atoms with Crippen LogP contribution in [0.2, 0.25) is 0 Å². The zero-order chi connectivity index (χ0) is 14.5. The second-order valence-corrected chi connectivity index (χ2v) is 7.01. The van der Waals surface area contributed by atoms with Crippen molar-refractivity contribution in [3.63, 3.8) is 0 Å². The Morgan fingerprint density at radius 1 is 1.55 bits per heavy atom. The predicted octanol–water partition coefficient (Wildman–Crippen LogP) is 2.73. The summed E-state index contributed by atoms with van der Waals surface area (Å²) in [5.41, 5.74) is 0. The zero-order valence-electron chi connectivity index (χ0n) is 13.2. The molecule has 1 N–H and O–H groups in total. The molecule has 2 unspecified atom stereocenters. The highest BCUT2D eigenvalue weighted by Crippen LogP contribution is 2.32. The normalized spacial score (nSPS) is 20.9. The van der Waals surface area contributed by atoms with Crippen LogP contribution in [0.3, 0.4) is 0 Å². The van der Waals surface area contributed by atoms with Crippen molar-refractivity contribution in [1.82, 2.24) is 15.2 Å². The summed E-state index contributed by atoms with van der Waals surface area (Å²) in [4.78, 5) is 10.8. The van der Waals surface area contributed by atoms with Crippen LogP contribution in [0.5, 0.6) is 0 Å². The molecule has 1 saturated heterocycles. The van der Waals surface area contributed by atoms with Crippen molar-refractivity contribution < 1.29 is 0 Å². The summed E-state index contributed by atoms with van der Waals surface area (Å²) >= 11 is 1.85. The highest BCUT2D eigenvalue weighted by Gasteiger charge is 2.27. The van der Waals surface area contributed by atoms with Gasteiger partial charge < -0.3 is 15.1 Å². The predicted molar refractivity (Wildman–Crippen MR) is 87.7 cm³/mol. The first-order valence-electron chi connectivity index (χ1n) is 7.72. The number of nitrogens with zero attached hydrogens (tertiary/aromatic N) is 3. The molecule has 5 heteroatoms. The summed E-state index contributed by atoms with van der Waals surface area (Å²) in [7, 11) is 4.31. The lowest BCUT2D eigenvalue weighted by molar-refractivity contribution is 0.372. The lowest BCUT2D eigenvalue weighted by atomic mass is 10.2. The molecular weight excluding hydrogens is 268 g/mol. The van der Waals surface area contributed by atoms with E-state index in [1.165, 1.54) is 29.3 Å². The fourth-order valence-electron chi connectivity index (χ4n) is 2.77. The van der Waals surface area contributed by atoms with E-state index in [-0.39, 0.29) is 0 Å². The van der Waals surface area contributed by atoms with Crippen molar-refractivity contribution in [3.8, 4) is 0 Å². The molecule has 2 heterocycles. The van der Waals surface area contributed by atoms with Gasteiger partial charge in [0.1, 0.15) is 0 Å². The van der Waals surface area contributed by atoms with Crippen LogP contribution in [0.1, 0.15) is 44.0 Å². The number of anilines is 1. The average molecular weight is 296 g/mol. The average Bonchev–Trinajstić information content (AvgIpc) is 3.03. The van der Waals surface area contributed by atoms with E-state index in [9.17, 15) is 0 Å². The number of rotatable bonds is 7. The molecule has 114 valence electrons. The molecule has 1 aromatic rings. The number of hydrogen-bond acceptors (Lipinski definition) is 5. The minimum absolute atomic E-state index is 0.413. The molecule has 1 aromatic heterocycles. The maximum atomic E-state index is 4.67. The first-order valence-corrected chi connectivity index (χ1v) is 8.54. The maximum absolute atomic E-state index is 4.67. The Morgan fingerprint density at radius 3 is 3.05 bits per heavy atom. The second kappa shape index (κ2) is 7.38. The molecule has 1 aliphatic rings. The summed E-state index contributed by atoms with van der Waals surface area (Å²) in [6, 6.07) is 1.04. The van der Waals surface area contributed by atoms with Gasteiger partial charge in [-0.3, -0.25) is 0 Å². The largest absolute Gasteiger partial charge is 0.344 e. The molecule has 1 aliphatic heterocycles. The Bertz CT molecular complexity index is 404. The Kier molecular flexibility index (Phi) is 5.81. The van der Waals surface area contributed by atoms with Gasteiger partial charge >= 0.3 is 0 Å². The second-order valence-electron chi connectivity index (χ2n) is 5.97. The number of hydrogen-bond donors (Lipinski definition) is 1. The zero-order valence-corrected chi connectivity index (χ0v) is 14.0. The standard InChI is InChI=1S/C15H28N4S/c1-5-8-16-12(2)14-10-17-15(20-14)19-9-6-7-13(19)11-18(3)4/h10,12-13,16H,5-9,11H2,1-4H3. The third-order valence-electron chi connectivity index (χ3n) is 3.84. The summed E-state index contributed by atoms with van der Waals surface area (Å²) < 4.78 is 0. The molecule has 0 bridgehead atoms. The van der Waals surface area contributed by atoms with Gasteiger partial charge in [0.25, 0.3) is 0 Å². The monoisotopic (exact) mass is 296 g/mol. The van der Waals surface area contributed by atoms with Crippen LogP contribution in [0.25, 0.3) is 0 Å². The SMILES string of the molecule is CCCNC(C)c1cnc(N2CCCC2CN(C)C)s1. The lowest BCUT2D eigenvalue weighted by Gasteiger charge is -2.26. The van der Waals surface area contributed by atoms with Gasteiger partial charge in [0.2, 0.25) is 0 Å². The Morgan fingerprint density at radius 2 is 2.35 bits per heavy atom. The van der Waals surface area contributed by atoms with Crippen molar-refractivity contribution in [2.45, 2.75) is 45.2 Å². The summed E-state index contributed by atoms with van der Waals surface area (Å²) in [6.07, 6.45) is 5.80. The van der Waals surface area contributed by atoms with Crippen LogP contribution < -0.4 is 10.2 Å². The van der Waals surface area contributed by atoms with E-state index in [1.807, 2.05) is 11.3 Å². The number of thiazole rings is 1. The van der Waals surface area contributed by atoms with Gasteiger partial charge in [-0.1, -0.05) is 6.92 Å². The Hall–Kier alpha value is -0.650. The van der Waals surface area contributed by atoms with Crippen molar-refractivity contribution in [1.29, 1.82) is 0 Å². The smallest absolute Gasteiger partial charge is 0.185 e. The van der Waals surface area contributed by atoms with Gasteiger partial charge in [-0.2, -0.15) is 0 Å². The molecule has 2 rings (SSSR count).